The first kappa shape index (κ1) is 31.1. The number of aliphatic hydroxyl groups is 1. The van der Waals surface area contributed by atoms with E-state index in [9.17, 15) is 19.5 Å². The Morgan fingerprint density at radius 3 is 2.25 bits per heavy atom. The van der Waals surface area contributed by atoms with Gasteiger partial charge in [0.1, 0.15) is 18.3 Å². The fourth-order valence-electron chi connectivity index (χ4n) is 10.6. The summed E-state index contributed by atoms with van der Waals surface area (Å²) in [6.07, 6.45) is 5.61. The van der Waals surface area contributed by atoms with Crippen molar-refractivity contribution in [1.82, 2.24) is 0 Å². The van der Waals surface area contributed by atoms with Crippen molar-refractivity contribution in [2.75, 3.05) is 6.61 Å². The third-order valence-electron chi connectivity index (χ3n) is 12.7. The summed E-state index contributed by atoms with van der Waals surface area (Å²) in [5.41, 5.74) is -0.215. The maximum atomic E-state index is 13.4. The third kappa shape index (κ3) is 4.00. The molecular formula is C35H46O9. The van der Waals surface area contributed by atoms with Crippen LogP contribution in [0.1, 0.15) is 86.1 Å². The zero-order chi connectivity index (χ0) is 32.0. The molecule has 1 aromatic heterocycles. The summed E-state index contributed by atoms with van der Waals surface area (Å²) in [6.45, 7) is 15.1. The predicted molar refractivity (Wildman–Crippen MR) is 159 cm³/mol. The van der Waals surface area contributed by atoms with Gasteiger partial charge in [0.2, 0.25) is 0 Å². The predicted octanol–water partition coefficient (Wildman–Crippen LogP) is 5.27. The maximum Gasteiger partial charge on any atom is 0.333 e. The monoisotopic (exact) mass is 610 g/mol. The third-order valence-corrected chi connectivity index (χ3v) is 12.7. The lowest BCUT2D eigenvalue weighted by atomic mass is 9.36. The number of esters is 3. The van der Waals surface area contributed by atoms with Crippen LogP contribution in [0.15, 0.2) is 46.3 Å². The highest BCUT2D eigenvalue weighted by molar-refractivity contribution is 5.87. The number of carbonyl (C=O) groups is 3. The van der Waals surface area contributed by atoms with Crippen LogP contribution in [0.5, 0.6) is 0 Å². The van der Waals surface area contributed by atoms with E-state index in [0.29, 0.717) is 31.4 Å². The topological polar surface area (TPSA) is 122 Å². The van der Waals surface area contributed by atoms with Crippen molar-refractivity contribution in [3.63, 3.8) is 0 Å². The molecule has 1 saturated heterocycles. The van der Waals surface area contributed by atoms with Gasteiger partial charge in [0, 0.05) is 59.3 Å². The fraction of sp³-hybridized carbons (Fsp3) is 0.686. The van der Waals surface area contributed by atoms with Crippen molar-refractivity contribution in [3.8, 4) is 0 Å². The lowest BCUT2D eigenvalue weighted by molar-refractivity contribution is -0.270. The molecule has 0 radical (unpaired) electrons. The van der Waals surface area contributed by atoms with Crippen LogP contribution in [0.2, 0.25) is 0 Å². The minimum Gasteiger partial charge on any atom is -0.472 e. The molecule has 9 nitrogen and oxygen atoms in total. The highest BCUT2D eigenvalue weighted by Crippen LogP contribution is 2.75. The van der Waals surface area contributed by atoms with Crippen molar-refractivity contribution >= 4 is 17.9 Å². The van der Waals surface area contributed by atoms with Crippen molar-refractivity contribution in [3.05, 3.63) is 47.5 Å². The summed E-state index contributed by atoms with van der Waals surface area (Å²) in [7, 11) is 0. The normalized spacial score (nSPS) is 45.8. The van der Waals surface area contributed by atoms with Gasteiger partial charge in [0.15, 0.2) is 0 Å². The van der Waals surface area contributed by atoms with Crippen LogP contribution >= 0.6 is 0 Å². The summed E-state index contributed by atoms with van der Waals surface area (Å²) >= 11 is 0. The van der Waals surface area contributed by atoms with Gasteiger partial charge >= 0.3 is 17.9 Å². The van der Waals surface area contributed by atoms with Gasteiger partial charge in [-0.3, -0.25) is 9.59 Å². The van der Waals surface area contributed by atoms with Crippen LogP contribution in [0.3, 0.4) is 0 Å². The van der Waals surface area contributed by atoms with Crippen LogP contribution in [-0.2, 0) is 33.3 Å². The van der Waals surface area contributed by atoms with Gasteiger partial charge in [-0.2, -0.15) is 0 Å². The van der Waals surface area contributed by atoms with Gasteiger partial charge in [-0.15, -0.1) is 0 Å². The number of fused-ring (bicyclic) bond motifs is 4. The van der Waals surface area contributed by atoms with E-state index in [-0.39, 0.29) is 23.7 Å². The molecule has 6 rings (SSSR count). The summed E-state index contributed by atoms with van der Waals surface area (Å²) in [5, 5.41) is 12.5. The van der Waals surface area contributed by atoms with Crippen LogP contribution < -0.4 is 0 Å². The second-order valence-corrected chi connectivity index (χ2v) is 14.7. The minimum atomic E-state index is -0.899. The van der Waals surface area contributed by atoms with E-state index in [4.69, 9.17) is 23.4 Å². The molecule has 2 heterocycles. The van der Waals surface area contributed by atoms with Crippen molar-refractivity contribution in [1.29, 1.82) is 0 Å². The number of rotatable bonds is 5. The van der Waals surface area contributed by atoms with Crippen LogP contribution in [-0.4, -0.2) is 60.1 Å². The molecule has 0 spiro atoms. The number of hydrogen-bond acceptors (Lipinski definition) is 9. The van der Waals surface area contributed by atoms with Crippen molar-refractivity contribution in [2.24, 2.45) is 33.5 Å². The number of allylic oxidation sites excluding steroid dienone is 2. The van der Waals surface area contributed by atoms with E-state index in [0.717, 1.165) is 11.1 Å². The van der Waals surface area contributed by atoms with Crippen LogP contribution in [0.25, 0.3) is 0 Å². The van der Waals surface area contributed by atoms with Gasteiger partial charge in [-0.05, 0) is 44.2 Å². The molecule has 0 aromatic carbocycles. The number of ether oxygens (including phenoxy) is 4. The maximum absolute atomic E-state index is 13.4. The number of aliphatic hydroxyl groups excluding tert-OH is 1. The molecular weight excluding hydrogens is 564 g/mol. The zero-order valence-corrected chi connectivity index (χ0v) is 27.0. The Kier molecular flexibility index (Phi) is 7.28. The van der Waals surface area contributed by atoms with Gasteiger partial charge in [-0.1, -0.05) is 45.4 Å². The largest absolute Gasteiger partial charge is 0.472 e. The average molecular weight is 611 g/mol. The Morgan fingerprint density at radius 1 is 0.955 bits per heavy atom. The highest BCUT2D eigenvalue weighted by atomic mass is 16.6. The van der Waals surface area contributed by atoms with Crippen molar-refractivity contribution < 1.29 is 42.9 Å². The summed E-state index contributed by atoms with van der Waals surface area (Å²) in [4.78, 5) is 38.4. The standard InChI is InChI=1S/C35H46O9/c1-9-18(2)31(39)44-27-15-25(42-19(3)36)32(5)17-41-28-29(32)35(27,8)24-14-26(43-20(4)37)33(6)22(21-12-13-40-16-21)10-11-23(33)34(24,7)30(28)38/h9,11-13,16,22,24-30,38H,10,14-15,17H2,1-8H3/b18-9+/t22-,24-,25+,26-,27-,28+,29+,30+,32+,33-,34-,35-/m0/s1. The Morgan fingerprint density at radius 2 is 1.64 bits per heavy atom. The first-order chi connectivity index (χ1) is 20.6. The number of hydrogen-bond donors (Lipinski definition) is 1. The Balaban J connectivity index is 1.54. The Bertz CT molecular complexity index is 1410. The molecule has 1 N–H and O–H groups in total. The molecule has 12 atom stereocenters. The number of furan rings is 1. The second-order valence-electron chi connectivity index (χ2n) is 14.7. The molecule has 0 unspecified atom stereocenters. The first-order valence-electron chi connectivity index (χ1n) is 15.9. The van der Waals surface area contributed by atoms with Crippen LogP contribution in [0, 0.1) is 33.5 Å². The molecule has 44 heavy (non-hydrogen) atoms. The van der Waals surface area contributed by atoms with Gasteiger partial charge < -0.3 is 28.5 Å². The molecule has 1 aliphatic heterocycles. The Labute approximate surface area is 259 Å². The highest BCUT2D eigenvalue weighted by Gasteiger charge is 2.78. The van der Waals surface area contributed by atoms with E-state index in [1.807, 2.05) is 6.07 Å². The van der Waals surface area contributed by atoms with E-state index < -0.39 is 64.1 Å². The molecule has 9 heteroatoms. The minimum absolute atomic E-state index is 0.0171. The molecule has 3 saturated carbocycles. The summed E-state index contributed by atoms with van der Waals surface area (Å²) in [6, 6.07) is 1.96. The Hall–Kier alpha value is -2.91. The molecule has 1 aromatic rings. The molecule has 5 aliphatic rings. The molecule has 4 aliphatic carbocycles. The second kappa shape index (κ2) is 10.3. The van der Waals surface area contributed by atoms with Crippen molar-refractivity contribution in [2.45, 2.75) is 111 Å². The lowest BCUT2D eigenvalue weighted by Gasteiger charge is -2.70. The molecule has 4 fully saturated rings. The van der Waals surface area contributed by atoms with E-state index in [1.165, 1.54) is 13.8 Å². The number of carbonyl (C=O) groups excluding carboxylic acids is 3. The summed E-state index contributed by atoms with van der Waals surface area (Å²) < 4.78 is 30.6. The summed E-state index contributed by atoms with van der Waals surface area (Å²) in [5.74, 6) is -1.79. The molecule has 0 bridgehead atoms. The smallest absolute Gasteiger partial charge is 0.333 e. The SMILES string of the molecule is C/C=C(\C)C(=O)O[C@H]1C[C@@H](OC(C)=O)[C@@]2(C)CO[C@H]3[C@@H](O)[C@@]4(C)C5=CC[C@@H](c6ccoc6)[C@]5(C)[C@@H](OC(C)=O)C[C@@H]4[C@]1(C)[C@H]32. The molecule has 240 valence electrons. The van der Waals surface area contributed by atoms with Gasteiger partial charge in [-0.25, -0.2) is 4.79 Å². The van der Waals surface area contributed by atoms with Crippen LogP contribution in [0.4, 0.5) is 0 Å². The quantitative estimate of drug-likeness (QED) is 0.206. The molecule has 0 amide bonds. The van der Waals surface area contributed by atoms with E-state index >= 15 is 0 Å². The zero-order valence-electron chi connectivity index (χ0n) is 27.0. The van der Waals surface area contributed by atoms with E-state index in [2.05, 4.69) is 33.8 Å². The van der Waals surface area contributed by atoms with Gasteiger partial charge in [0.25, 0.3) is 0 Å². The lowest BCUT2D eigenvalue weighted by Crippen LogP contribution is -2.74. The van der Waals surface area contributed by atoms with Gasteiger partial charge in [0.05, 0.1) is 31.3 Å². The average Bonchev–Trinajstić information content (AvgIpc) is 3.69. The fourth-order valence-corrected chi connectivity index (χ4v) is 10.6. The van der Waals surface area contributed by atoms with E-state index in [1.54, 1.807) is 32.4 Å². The first-order valence-corrected chi connectivity index (χ1v) is 15.9.